The molecule has 0 aliphatic carbocycles. The second kappa shape index (κ2) is 20.3. The van der Waals surface area contributed by atoms with Crippen LogP contribution in [0.25, 0.3) is 0 Å². The summed E-state index contributed by atoms with van der Waals surface area (Å²) in [5, 5.41) is 31.3. The molecule has 0 aliphatic rings. The van der Waals surface area contributed by atoms with E-state index in [1.807, 2.05) is 0 Å². The average molecular weight is 708 g/mol. The molecule has 0 aromatic rings. The van der Waals surface area contributed by atoms with E-state index >= 15 is 0 Å². The zero-order chi connectivity index (χ0) is 23.7. The van der Waals surface area contributed by atoms with Crippen molar-refractivity contribution in [3.63, 3.8) is 0 Å². The van der Waals surface area contributed by atoms with E-state index in [4.69, 9.17) is 20.4 Å². The second-order valence-corrected chi connectivity index (χ2v) is 10.0. The van der Waals surface area contributed by atoms with E-state index in [1.165, 1.54) is 0 Å². The molecule has 176 valence electrons. The molecule has 0 heterocycles. The van der Waals surface area contributed by atoms with Gasteiger partial charge < -0.3 is 38.6 Å². The summed E-state index contributed by atoms with van der Waals surface area (Å²) in [7, 11) is -16.7. The molecule has 0 fully saturated rings. The largest absolute Gasteiger partial charge is 4.00 e. The van der Waals surface area contributed by atoms with Crippen LogP contribution in [0.2, 0.25) is 0 Å². The van der Waals surface area contributed by atoms with Gasteiger partial charge >= 0.3 is 27.3 Å². The van der Waals surface area contributed by atoms with Crippen LogP contribution in [0.1, 0.15) is 0 Å². The maximum Gasteiger partial charge on any atom is 4.00 e. The fourth-order valence-corrected chi connectivity index (χ4v) is 1.34. The van der Waals surface area contributed by atoms with E-state index in [2.05, 4.69) is 0 Å². The van der Waals surface area contributed by atoms with Gasteiger partial charge in [-0.15, -0.1) is 0 Å². The fourth-order valence-electron chi connectivity index (χ4n) is 0.447. The van der Waals surface area contributed by atoms with Crippen molar-refractivity contribution in [2.24, 2.45) is 0 Å². The Balaban J connectivity index is -0.0000000873. The predicted octanol–water partition coefficient (Wildman–Crippen LogP) is -6.29. The molecule has 0 unspecified atom stereocenters. The Morgan fingerprint density at radius 3 is 0.517 bits per heavy atom. The summed E-state index contributed by atoms with van der Waals surface area (Å²) in [5.41, 5.74) is 0. The van der Waals surface area contributed by atoms with E-state index in [9.17, 15) is 51.9 Å². The molecule has 0 saturated carbocycles. The molecule has 0 aromatic carbocycles. The maximum atomic E-state index is 9.52. The van der Waals surface area contributed by atoms with Gasteiger partial charge in [-0.25, -0.2) is 33.7 Å². The van der Waals surface area contributed by atoms with Crippen LogP contribution >= 0.6 is 0 Å². The third-order valence-electron chi connectivity index (χ3n) is 1.37. The minimum absolute atomic E-state index is 0. The Hall–Kier alpha value is 0.402. The molecule has 0 radical (unpaired) electrons. The van der Waals surface area contributed by atoms with Crippen molar-refractivity contribution in [3.05, 3.63) is 0 Å². The van der Waals surface area contributed by atoms with Crippen LogP contribution in [0.5, 0.6) is 0 Å². The molecule has 0 rings (SSSR count). The van der Waals surface area contributed by atoms with Gasteiger partial charge in [0.2, 0.25) is 0 Å². The quantitative estimate of drug-likeness (QED) is 0.135. The number of aliphatic hydroxyl groups excluding tert-OH is 4. The molecule has 0 bridgehead atoms. The summed E-state index contributed by atoms with van der Waals surface area (Å²) in [6, 6.07) is 0. The Labute approximate surface area is 188 Å². The minimum atomic E-state index is -4.17. The van der Waals surface area contributed by atoms with Crippen molar-refractivity contribution in [3.8, 4) is 0 Å². The Kier molecular flexibility index (Phi) is 27.9. The van der Waals surface area contributed by atoms with Crippen LogP contribution in [-0.4, -0.2) is 149 Å². The first-order valence-corrected chi connectivity index (χ1v) is 12.7. The summed E-state index contributed by atoms with van der Waals surface area (Å²) < 4.78 is 114. The van der Waals surface area contributed by atoms with Crippen molar-refractivity contribution in [1.29, 1.82) is 0 Å². The molecule has 16 nitrogen and oxygen atoms in total. The molecular formula is C8H20O16PbS4. The first kappa shape index (κ1) is 39.8. The van der Waals surface area contributed by atoms with Gasteiger partial charge in [0, 0.05) is 0 Å². The van der Waals surface area contributed by atoms with Crippen LogP contribution < -0.4 is 0 Å². The van der Waals surface area contributed by atoms with E-state index < -0.39 is 89.9 Å². The van der Waals surface area contributed by atoms with Crippen LogP contribution in [0.4, 0.5) is 0 Å². The van der Waals surface area contributed by atoms with Crippen LogP contribution in [0, 0.1) is 0 Å². The third-order valence-corrected chi connectivity index (χ3v) is 4.10. The first-order valence-electron chi connectivity index (χ1n) is 6.42. The van der Waals surface area contributed by atoms with Crippen LogP contribution in [0.15, 0.2) is 0 Å². The smallest absolute Gasteiger partial charge is 0.748 e. The van der Waals surface area contributed by atoms with Crippen LogP contribution in [-0.2, 0) is 40.5 Å². The zero-order valence-corrected chi connectivity index (χ0v) is 21.6. The van der Waals surface area contributed by atoms with E-state index in [0.29, 0.717) is 0 Å². The number of aliphatic hydroxyl groups is 4. The summed E-state index contributed by atoms with van der Waals surface area (Å²) >= 11 is 0. The zero-order valence-electron chi connectivity index (χ0n) is 14.5. The normalized spacial score (nSPS) is 11.3. The van der Waals surface area contributed by atoms with Gasteiger partial charge in [0.25, 0.3) is 0 Å². The SMILES string of the molecule is O=S(=O)([O-])CCO.O=S(=O)([O-])CCO.O=S(=O)([O-])CCO.O=S(=O)([O-])CCO.[Pb+4]. The van der Waals surface area contributed by atoms with Crippen molar-refractivity contribution in [2.75, 3.05) is 49.4 Å². The topological polar surface area (TPSA) is 310 Å². The molecule has 4 N–H and O–H groups in total. The monoisotopic (exact) mass is 708 g/mol. The van der Waals surface area contributed by atoms with Gasteiger partial charge in [-0.3, -0.25) is 0 Å². The van der Waals surface area contributed by atoms with Gasteiger partial charge in [0.15, 0.2) is 0 Å². The van der Waals surface area contributed by atoms with Crippen LogP contribution in [0.3, 0.4) is 0 Å². The second-order valence-electron chi connectivity index (χ2n) is 3.94. The van der Waals surface area contributed by atoms with E-state index in [0.717, 1.165) is 0 Å². The Bertz CT molecular complexity index is 633. The Morgan fingerprint density at radius 1 is 0.414 bits per heavy atom. The summed E-state index contributed by atoms with van der Waals surface area (Å²) in [6.45, 7) is -2.37. The standard InChI is InChI=1S/4C2H6O4S.Pb/c4*3-1-2-7(4,5)6;/h4*3H,1-2H2,(H,4,5,6);/q;;;;+4/p-4. The molecule has 0 saturated heterocycles. The fraction of sp³-hybridized carbons (Fsp3) is 1.00. The van der Waals surface area contributed by atoms with Gasteiger partial charge in [0.1, 0.15) is 0 Å². The predicted molar refractivity (Wildman–Crippen MR) is 92.4 cm³/mol. The summed E-state index contributed by atoms with van der Waals surface area (Å²) in [6.07, 6.45) is 0. The molecule has 0 spiro atoms. The number of hydrogen-bond donors (Lipinski definition) is 4. The summed E-state index contributed by atoms with van der Waals surface area (Å²) in [5.74, 6) is -2.75. The van der Waals surface area contributed by atoms with E-state index in [-0.39, 0.29) is 27.3 Å². The average Bonchev–Trinajstić information content (AvgIpc) is 2.34. The molecule has 0 amide bonds. The van der Waals surface area contributed by atoms with E-state index in [1.54, 1.807) is 0 Å². The maximum absolute atomic E-state index is 9.52. The van der Waals surface area contributed by atoms with Gasteiger partial charge in [-0.2, -0.15) is 0 Å². The van der Waals surface area contributed by atoms with Crippen molar-refractivity contribution in [2.45, 2.75) is 0 Å². The molecule has 29 heavy (non-hydrogen) atoms. The van der Waals surface area contributed by atoms with Crippen molar-refractivity contribution < 1.29 is 72.3 Å². The number of rotatable bonds is 8. The molecule has 0 aromatic heterocycles. The molecule has 21 heteroatoms. The van der Waals surface area contributed by atoms with Gasteiger partial charge in [-0.1, -0.05) is 0 Å². The van der Waals surface area contributed by atoms with Gasteiger partial charge in [0.05, 0.1) is 89.9 Å². The minimum Gasteiger partial charge on any atom is -0.748 e. The number of hydrogen-bond acceptors (Lipinski definition) is 16. The molecule has 0 atom stereocenters. The summed E-state index contributed by atoms with van der Waals surface area (Å²) in [4.78, 5) is 0. The van der Waals surface area contributed by atoms with Crippen molar-refractivity contribution in [1.82, 2.24) is 0 Å². The van der Waals surface area contributed by atoms with Crippen molar-refractivity contribution >= 4 is 67.8 Å². The molecule has 0 aliphatic heterocycles. The van der Waals surface area contributed by atoms with Gasteiger partial charge in [-0.05, 0) is 0 Å². The molecular weight excluding hydrogens is 688 g/mol. The Morgan fingerprint density at radius 2 is 0.517 bits per heavy atom. The first-order chi connectivity index (χ1) is 12.2. The third kappa shape index (κ3) is 73.6.